The van der Waals surface area contributed by atoms with Crippen LogP contribution in [0.25, 0.3) is 11.4 Å². The van der Waals surface area contributed by atoms with Crippen molar-refractivity contribution in [1.82, 2.24) is 29.9 Å². The first-order chi connectivity index (χ1) is 14.7. The van der Waals surface area contributed by atoms with Gasteiger partial charge in [-0.25, -0.2) is 9.97 Å². The number of aryl methyl sites for hydroxylation is 1. The summed E-state index contributed by atoms with van der Waals surface area (Å²) in [7, 11) is 0. The second kappa shape index (κ2) is 9.82. The molecule has 1 fully saturated rings. The zero-order valence-corrected chi connectivity index (χ0v) is 17.7. The van der Waals surface area contributed by atoms with Gasteiger partial charge in [-0.1, -0.05) is 23.0 Å². The molecule has 0 aromatic carbocycles. The molecule has 0 aliphatic carbocycles. The third-order valence-corrected chi connectivity index (χ3v) is 5.74. The minimum atomic E-state index is 0.117. The molecule has 9 heteroatoms. The van der Waals surface area contributed by atoms with E-state index in [4.69, 9.17) is 4.52 Å². The number of pyridine rings is 1. The number of amides is 1. The van der Waals surface area contributed by atoms with Crippen LogP contribution < -0.4 is 0 Å². The number of rotatable bonds is 6. The van der Waals surface area contributed by atoms with Crippen LogP contribution in [-0.2, 0) is 11.3 Å². The largest absolute Gasteiger partial charge is 0.361 e. The van der Waals surface area contributed by atoms with Crippen molar-refractivity contribution in [2.75, 3.05) is 31.9 Å². The lowest BCUT2D eigenvalue weighted by molar-refractivity contribution is -0.128. The molecule has 0 saturated carbocycles. The standard InChI is InChI=1S/C21H24N6O2S/c1-16-13-17(25-29-16)14-26-9-4-10-27(12-11-26)20(28)15-30-21-23-8-6-19(24-21)18-5-2-3-7-22-18/h2-3,5-8,13H,4,9-12,14-15H2,1H3. The van der Waals surface area contributed by atoms with Crippen molar-refractivity contribution in [3.63, 3.8) is 0 Å². The first kappa shape index (κ1) is 20.5. The van der Waals surface area contributed by atoms with E-state index in [0.717, 1.165) is 55.4 Å². The summed E-state index contributed by atoms with van der Waals surface area (Å²) >= 11 is 1.37. The number of carbonyl (C=O) groups is 1. The van der Waals surface area contributed by atoms with Gasteiger partial charge in [0.2, 0.25) is 5.91 Å². The van der Waals surface area contributed by atoms with Crippen molar-refractivity contribution in [2.24, 2.45) is 0 Å². The summed E-state index contributed by atoms with van der Waals surface area (Å²) in [6.45, 7) is 5.90. The van der Waals surface area contributed by atoms with Gasteiger partial charge in [0, 0.05) is 51.2 Å². The zero-order chi connectivity index (χ0) is 20.8. The Labute approximate surface area is 179 Å². The predicted octanol–water partition coefficient (Wildman–Crippen LogP) is 2.66. The summed E-state index contributed by atoms with van der Waals surface area (Å²) in [4.78, 5) is 30.1. The molecule has 4 rings (SSSR count). The van der Waals surface area contributed by atoms with Crippen molar-refractivity contribution >= 4 is 17.7 Å². The Bertz CT molecular complexity index is 980. The Hall–Kier alpha value is -2.78. The lowest BCUT2D eigenvalue weighted by Gasteiger charge is -2.21. The molecule has 1 amide bonds. The van der Waals surface area contributed by atoms with Gasteiger partial charge in [0.05, 0.1) is 22.8 Å². The Morgan fingerprint density at radius 1 is 1.10 bits per heavy atom. The number of carbonyl (C=O) groups excluding carboxylic acids is 1. The fraction of sp³-hybridized carbons (Fsp3) is 0.381. The quantitative estimate of drug-likeness (QED) is 0.441. The molecule has 30 heavy (non-hydrogen) atoms. The number of hydrogen-bond donors (Lipinski definition) is 0. The van der Waals surface area contributed by atoms with Gasteiger partial charge in [0.1, 0.15) is 5.76 Å². The molecule has 0 unspecified atom stereocenters. The molecule has 0 radical (unpaired) electrons. The maximum absolute atomic E-state index is 12.7. The van der Waals surface area contributed by atoms with Gasteiger partial charge in [-0.3, -0.25) is 14.7 Å². The highest BCUT2D eigenvalue weighted by Crippen LogP contribution is 2.19. The highest BCUT2D eigenvalue weighted by molar-refractivity contribution is 7.99. The fourth-order valence-corrected chi connectivity index (χ4v) is 4.12. The Kier molecular flexibility index (Phi) is 6.70. The first-order valence-electron chi connectivity index (χ1n) is 9.97. The molecule has 3 aromatic rings. The van der Waals surface area contributed by atoms with E-state index < -0.39 is 0 Å². The van der Waals surface area contributed by atoms with Crippen LogP contribution in [0.3, 0.4) is 0 Å². The van der Waals surface area contributed by atoms with E-state index >= 15 is 0 Å². The van der Waals surface area contributed by atoms with Crippen LogP contribution in [0.1, 0.15) is 17.9 Å². The normalized spacial score (nSPS) is 15.2. The van der Waals surface area contributed by atoms with Gasteiger partial charge in [-0.15, -0.1) is 0 Å². The summed E-state index contributed by atoms with van der Waals surface area (Å²) in [5.74, 6) is 1.27. The van der Waals surface area contributed by atoms with E-state index in [1.807, 2.05) is 42.2 Å². The molecule has 0 spiro atoms. The Morgan fingerprint density at radius 2 is 2.03 bits per heavy atom. The Balaban J connectivity index is 1.29. The number of hydrogen-bond acceptors (Lipinski definition) is 8. The molecule has 1 saturated heterocycles. The topological polar surface area (TPSA) is 88.2 Å². The number of thioether (sulfide) groups is 1. The predicted molar refractivity (Wildman–Crippen MR) is 114 cm³/mol. The van der Waals surface area contributed by atoms with Gasteiger partial charge < -0.3 is 9.42 Å². The summed E-state index contributed by atoms with van der Waals surface area (Å²) in [6.07, 6.45) is 4.39. The third kappa shape index (κ3) is 5.43. The summed E-state index contributed by atoms with van der Waals surface area (Å²) in [6, 6.07) is 9.49. The summed E-state index contributed by atoms with van der Waals surface area (Å²) in [5.41, 5.74) is 2.49. The third-order valence-electron chi connectivity index (χ3n) is 4.89. The first-order valence-corrected chi connectivity index (χ1v) is 11.0. The molecule has 1 aliphatic heterocycles. The van der Waals surface area contributed by atoms with Gasteiger partial charge in [-0.2, -0.15) is 0 Å². The van der Waals surface area contributed by atoms with Crippen molar-refractivity contribution in [2.45, 2.75) is 25.0 Å². The summed E-state index contributed by atoms with van der Waals surface area (Å²) < 4.78 is 5.15. The van der Waals surface area contributed by atoms with Crippen LogP contribution in [-0.4, -0.2) is 67.7 Å². The number of nitrogens with zero attached hydrogens (tertiary/aromatic N) is 6. The molecule has 3 aromatic heterocycles. The van der Waals surface area contributed by atoms with Crippen LogP contribution in [0.15, 0.2) is 52.4 Å². The molecule has 0 N–H and O–H groups in total. The van der Waals surface area contributed by atoms with E-state index in [-0.39, 0.29) is 5.91 Å². The van der Waals surface area contributed by atoms with Gasteiger partial charge in [0.15, 0.2) is 5.16 Å². The van der Waals surface area contributed by atoms with Crippen molar-refractivity contribution < 1.29 is 9.32 Å². The lowest BCUT2D eigenvalue weighted by atomic mass is 10.3. The molecule has 4 heterocycles. The van der Waals surface area contributed by atoms with Crippen LogP contribution in [0.2, 0.25) is 0 Å². The second-order valence-electron chi connectivity index (χ2n) is 7.17. The second-order valence-corrected chi connectivity index (χ2v) is 8.11. The molecule has 0 atom stereocenters. The molecule has 156 valence electrons. The van der Waals surface area contributed by atoms with Gasteiger partial charge in [0.25, 0.3) is 0 Å². The monoisotopic (exact) mass is 424 g/mol. The van der Waals surface area contributed by atoms with Crippen LogP contribution in [0, 0.1) is 6.92 Å². The van der Waals surface area contributed by atoms with E-state index in [9.17, 15) is 4.79 Å². The lowest BCUT2D eigenvalue weighted by Crippen LogP contribution is -2.36. The maximum atomic E-state index is 12.7. The molecule has 8 nitrogen and oxygen atoms in total. The minimum absolute atomic E-state index is 0.117. The average Bonchev–Trinajstić information content (AvgIpc) is 3.04. The maximum Gasteiger partial charge on any atom is 0.233 e. The van der Waals surface area contributed by atoms with Crippen LogP contribution in [0.5, 0.6) is 0 Å². The van der Waals surface area contributed by atoms with Crippen molar-refractivity contribution in [1.29, 1.82) is 0 Å². The molecule has 0 bridgehead atoms. The van der Waals surface area contributed by atoms with Crippen LogP contribution in [0.4, 0.5) is 0 Å². The smallest absolute Gasteiger partial charge is 0.233 e. The van der Waals surface area contributed by atoms with E-state index in [1.165, 1.54) is 11.8 Å². The molecule has 1 aliphatic rings. The van der Waals surface area contributed by atoms with E-state index in [1.54, 1.807) is 12.4 Å². The highest BCUT2D eigenvalue weighted by atomic mass is 32.2. The minimum Gasteiger partial charge on any atom is -0.361 e. The molecular formula is C21H24N6O2S. The molecular weight excluding hydrogens is 400 g/mol. The average molecular weight is 425 g/mol. The fourth-order valence-electron chi connectivity index (χ4n) is 3.38. The summed E-state index contributed by atoms with van der Waals surface area (Å²) in [5, 5.41) is 4.66. The zero-order valence-electron chi connectivity index (χ0n) is 16.9. The van der Waals surface area contributed by atoms with E-state index in [0.29, 0.717) is 17.5 Å². The van der Waals surface area contributed by atoms with Gasteiger partial charge in [-0.05, 0) is 31.5 Å². The number of aromatic nitrogens is 4. The Morgan fingerprint density at radius 3 is 2.83 bits per heavy atom. The van der Waals surface area contributed by atoms with E-state index in [2.05, 4.69) is 25.0 Å². The highest BCUT2D eigenvalue weighted by Gasteiger charge is 2.20. The van der Waals surface area contributed by atoms with Crippen molar-refractivity contribution in [3.05, 3.63) is 54.2 Å². The van der Waals surface area contributed by atoms with Gasteiger partial charge >= 0.3 is 0 Å². The van der Waals surface area contributed by atoms with Crippen LogP contribution >= 0.6 is 11.8 Å². The van der Waals surface area contributed by atoms with Crippen molar-refractivity contribution in [3.8, 4) is 11.4 Å². The SMILES string of the molecule is Cc1cc(CN2CCCN(C(=O)CSc3nccc(-c4ccccn4)n3)CC2)no1.